The van der Waals surface area contributed by atoms with Crippen LogP contribution in [0.3, 0.4) is 0 Å². The first-order valence-corrected chi connectivity index (χ1v) is 6.76. The monoisotopic (exact) mass is 330 g/mol. The first-order valence-electron chi connectivity index (χ1n) is 6.38. The Kier molecular flexibility index (Phi) is 3.36. The van der Waals surface area contributed by atoms with Crippen molar-refractivity contribution in [3.63, 3.8) is 0 Å². The summed E-state index contributed by atoms with van der Waals surface area (Å²) in [6.45, 7) is 0. The van der Waals surface area contributed by atoms with Crippen LogP contribution >= 0.6 is 11.6 Å². The number of nitrogens with zero attached hydrogens (tertiary/aromatic N) is 2. The van der Waals surface area contributed by atoms with Crippen molar-refractivity contribution < 1.29 is 18.0 Å². The molecular weight excluding hydrogens is 321 g/mol. The van der Waals surface area contributed by atoms with Crippen molar-refractivity contribution >= 4 is 23.5 Å². The zero-order valence-corrected chi connectivity index (χ0v) is 11.8. The van der Waals surface area contributed by atoms with E-state index in [1.54, 1.807) is 29.4 Å². The number of carbonyl (C=O) groups excluding carboxylic acids is 1. The summed E-state index contributed by atoms with van der Waals surface area (Å²) in [5, 5.41) is 7.92. The molecule has 22 heavy (non-hydrogen) atoms. The first-order chi connectivity index (χ1) is 10.3. The number of aromatic nitrogens is 3. The number of amides is 1. The Bertz CT molecular complexity index is 724. The number of carbonyl (C=O) groups is 1. The van der Waals surface area contributed by atoms with Crippen LogP contribution in [0.4, 0.5) is 19.1 Å². The van der Waals surface area contributed by atoms with Crippen molar-refractivity contribution in [2.45, 2.75) is 24.4 Å². The maximum absolute atomic E-state index is 12.4. The quantitative estimate of drug-likeness (QED) is 0.908. The van der Waals surface area contributed by atoms with Crippen LogP contribution in [-0.4, -0.2) is 21.1 Å². The number of hydrogen-bond acceptors (Lipinski definition) is 3. The van der Waals surface area contributed by atoms with Gasteiger partial charge in [-0.05, 0) is 30.5 Å². The molecule has 1 aliphatic carbocycles. The van der Waals surface area contributed by atoms with Crippen LogP contribution in [0, 0.1) is 0 Å². The molecule has 1 saturated carbocycles. The lowest BCUT2D eigenvalue weighted by Crippen LogP contribution is -2.28. The smallest absolute Gasteiger partial charge is 0.292 e. The first kappa shape index (κ1) is 14.8. The van der Waals surface area contributed by atoms with Crippen molar-refractivity contribution in [2.75, 3.05) is 5.32 Å². The summed E-state index contributed by atoms with van der Waals surface area (Å²) in [6, 6.07) is 6.84. The van der Waals surface area contributed by atoms with Gasteiger partial charge in [0.05, 0.1) is 5.41 Å². The average molecular weight is 331 g/mol. The molecule has 1 aromatic heterocycles. The Morgan fingerprint density at radius 3 is 2.64 bits per heavy atom. The van der Waals surface area contributed by atoms with Crippen molar-refractivity contribution in [3.05, 3.63) is 40.7 Å². The summed E-state index contributed by atoms with van der Waals surface area (Å²) in [7, 11) is 0. The molecule has 5 nitrogen and oxygen atoms in total. The molecule has 0 spiro atoms. The second kappa shape index (κ2) is 4.98. The Morgan fingerprint density at radius 1 is 1.36 bits per heavy atom. The van der Waals surface area contributed by atoms with Gasteiger partial charge >= 0.3 is 6.18 Å². The summed E-state index contributed by atoms with van der Waals surface area (Å²) >= 11 is 5.91. The summed E-state index contributed by atoms with van der Waals surface area (Å²) in [6.07, 6.45) is -3.45. The standard InChI is InChI=1S/C13H10ClF3N4O/c14-8-3-1-2-7(6-8)12(4-5-12)10(22)19-11-18-9(20-21-11)13(15,16)17/h1-3,6H,4-5H2,(H2,18,19,20,21,22). The summed E-state index contributed by atoms with van der Waals surface area (Å²) < 4.78 is 37.3. The Labute approximate surface area is 127 Å². The van der Waals surface area contributed by atoms with Gasteiger partial charge in [0.1, 0.15) is 0 Å². The second-order valence-electron chi connectivity index (χ2n) is 5.05. The SMILES string of the molecule is O=C(Nc1n[nH]c(C(F)(F)F)n1)C1(c2cccc(Cl)c2)CC1. The fourth-order valence-electron chi connectivity index (χ4n) is 2.22. The number of nitrogens with one attached hydrogen (secondary N) is 2. The van der Waals surface area contributed by atoms with E-state index in [1.807, 2.05) is 0 Å². The van der Waals surface area contributed by atoms with E-state index in [4.69, 9.17) is 11.6 Å². The molecule has 0 bridgehead atoms. The van der Waals surface area contributed by atoms with Gasteiger partial charge in [0.15, 0.2) is 0 Å². The Balaban J connectivity index is 1.79. The van der Waals surface area contributed by atoms with E-state index in [0.717, 1.165) is 5.56 Å². The highest BCUT2D eigenvalue weighted by Crippen LogP contribution is 2.49. The topological polar surface area (TPSA) is 70.7 Å². The van der Waals surface area contributed by atoms with E-state index in [9.17, 15) is 18.0 Å². The van der Waals surface area contributed by atoms with Crippen molar-refractivity contribution in [1.29, 1.82) is 0 Å². The van der Waals surface area contributed by atoms with Crippen LogP contribution in [0.5, 0.6) is 0 Å². The highest BCUT2D eigenvalue weighted by atomic mass is 35.5. The zero-order valence-electron chi connectivity index (χ0n) is 11.0. The molecule has 0 atom stereocenters. The van der Waals surface area contributed by atoms with Crippen molar-refractivity contribution in [3.8, 4) is 0 Å². The number of alkyl halides is 3. The van der Waals surface area contributed by atoms with Gasteiger partial charge in [-0.3, -0.25) is 15.2 Å². The molecule has 2 aromatic rings. The van der Waals surface area contributed by atoms with Gasteiger partial charge in [-0.2, -0.15) is 18.2 Å². The lowest BCUT2D eigenvalue weighted by molar-refractivity contribution is -0.144. The molecule has 1 aliphatic rings. The molecule has 2 N–H and O–H groups in total. The minimum atomic E-state index is -4.64. The fraction of sp³-hybridized carbons (Fsp3) is 0.308. The number of benzene rings is 1. The molecule has 0 unspecified atom stereocenters. The molecule has 0 aliphatic heterocycles. The molecule has 1 fully saturated rings. The van der Waals surface area contributed by atoms with Gasteiger partial charge in [0.2, 0.25) is 17.7 Å². The predicted molar refractivity (Wildman–Crippen MR) is 72.4 cm³/mol. The Hall–Kier alpha value is -2.09. The summed E-state index contributed by atoms with van der Waals surface area (Å²) in [5.41, 5.74) is -0.0479. The van der Waals surface area contributed by atoms with Gasteiger partial charge in [0.25, 0.3) is 0 Å². The lowest BCUT2D eigenvalue weighted by Gasteiger charge is -2.14. The normalized spacial score (nSPS) is 16.4. The fourth-order valence-corrected chi connectivity index (χ4v) is 2.41. The minimum Gasteiger partial charge on any atom is -0.292 e. The Morgan fingerprint density at radius 2 is 2.09 bits per heavy atom. The molecule has 116 valence electrons. The third kappa shape index (κ3) is 2.66. The summed E-state index contributed by atoms with van der Waals surface area (Å²) in [5.74, 6) is -2.09. The molecule has 9 heteroatoms. The van der Waals surface area contributed by atoms with Crippen LogP contribution < -0.4 is 5.32 Å². The number of anilines is 1. The van der Waals surface area contributed by atoms with Crippen molar-refractivity contribution in [2.24, 2.45) is 0 Å². The molecule has 1 aromatic carbocycles. The minimum absolute atomic E-state index is 0.398. The van der Waals surface area contributed by atoms with Gasteiger partial charge in [-0.25, -0.2) is 0 Å². The van der Waals surface area contributed by atoms with E-state index in [1.165, 1.54) is 0 Å². The van der Waals surface area contributed by atoms with E-state index in [2.05, 4.69) is 15.4 Å². The number of rotatable bonds is 3. The van der Waals surface area contributed by atoms with Crippen LogP contribution in [0.1, 0.15) is 24.2 Å². The van der Waals surface area contributed by atoms with Crippen LogP contribution in [-0.2, 0) is 16.4 Å². The van der Waals surface area contributed by atoms with Crippen LogP contribution in [0.15, 0.2) is 24.3 Å². The van der Waals surface area contributed by atoms with Gasteiger partial charge < -0.3 is 0 Å². The van der Waals surface area contributed by atoms with E-state index in [0.29, 0.717) is 17.9 Å². The molecule has 0 radical (unpaired) electrons. The van der Waals surface area contributed by atoms with E-state index in [-0.39, 0.29) is 0 Å². The molecule has 1 heterocycles. The second-order valence-corrected chi connectivity index (χ2v) is 5.49. The molecule has 1 amide bonds. The van der Waals surface area contributed by atoms with Gasteiger partial charge in [0, 0.05) is 5.02 Å². The number of hydrogen-bond donors (Lipinski definition) is 2. The predicted octanol–water partition coefficient (Wildman–Crippen LogP) is 3.15. The third-order valence-corrected chi connectivity index (χ3v) is 3.78. The molecular formula is C13H10ClF3N4O. The van der Waals surface area contributed by atoms with Gasteiger partial charge in [-0.15, -0.1) is 5.10 Å². The van der Waals surface area contributed by atoms with Gasteiger partial charge in [-0.1, -0.05) is 23.7 Å². The number of H-pyrrole nitrogens is 1. The zero-order chi connectivity index (χ0) is 16.0. The number of aromatic amines is 1. The molecule has 3 rings (SSSR count). The maximum Gasteiger partial charge on any atom is 0.451 e. The van der Waals surface area contributed by atoms with E-state index < -0.39 is 29.3 Å². The summed E-state index contributed by atoms with van der Waals surface area (Å²) in [4.78, 5) is 15.6. The van der Waals surface area contributed by atoms with Crippen molar-refractivity contribution in [1.82, 2.24) is 15.2 Å². The van der Waals surface area contributed by atoms with Crippen LogP contribution in [0.2, 0.25) is 5.02 Å². The average Bonchev–Trinajstić information content (AvgIpc) is 3.12. The largest absolute Gasteiger partial charge is 0.451 e. The third-order valence-electron chi connectivity index (χ3n) is 3.54. The highest BCUT2D eigenvalue weighted by Gasteiger charge is 2.51. The molecule has 0 saturated heterocycles. The maximum atomic E-state index is 12.4. The highest BCUT2D eigenvalue weighted by molar-refractivity contribution is 6.30. The van der Waals surface area contributed by atoms with Crippen LogP contribution in [0.25, 0.3) is 0 Å². The van der Waals surface area contributed by atoms with E-state index >= 15 is 0 Å². The lowest BCUT2D eigenvalue weighted by atomic mass is 9.95. The number of halogens is 4.